The number of nitrogens with one attached hydrogen (secondary N) is 1. The number of hydrogen-bond donors (Lipinski definition) is 1. The quantitative estimate of drug-likeness (QED) is 0.792. The summed E-state index contributed by atoms with van der Waals surface area (Å²) >= 11 is 0. The maximum absolute atomic E-state index is 4.22. The lowest BCUT2D eigenvalue weighted by atomic mass is 9.89. The molecule has 0 bridgehead atoms. The van der Waals surface area contributed by atoms with Gasteiger partial charge in [-0.2, -0.15) is 0 Å². The fourth-order valence-corrected chi connectivity index (χ4v) is 2.16. The summed E-state index contributed by atoms with van der Waals surface area (Å²) in [4.78, 5) is 4.22. The summed E-state index contributed by atoms with van der Waals surface area (Å²) in [6.45, 7) is 3.32. The van der Waals surface area contributed by atoms with Gasteiger partial charge in [0.15, 0.2) is 0 Å². The van der Waals surface area contributed by atoms with Crippen LogP contribution in [0.25, 0.3) is 0 Å². The van der Waals surface area contributed by atoms with Crippen molar-refractivity contribution in [2.75, 3.05) is 6.54 Å². The molecule has 1 N–H and O–H groups in total. The highest BCUT2D eigenvalue weighted by molar-refractivity contribution is 5.28. The van der Waals surface area contributed by atoms with E-state index in [0.29, 0.717) is 6.04 Å². The first-order chi connectivity index (χ1) is 6.92. The van der Waals surface area contributed by atoms with Gasteiger partial charge >= 0.3 is 0 Å². The maximum Gasteiger partial charge on any atom is 0.0338 e. The molecule has 0 spiro atoms. The van der Waals surface area contributed by atoms with Crippen LogP contribution in [0.3, 0.4) is 0 Å². The highest BCUT2D eigenvalue weighted by Gasteiger charge is 2.18. The molecule has 2 rings (SSSR count). The van der Waals surface area contributed by atoms with Crippen molar-refractivity contribution in [3.8, 4) is 0 Å². The van der Waals surface area contributed by atoms with Crippen molar-refractivity contribution in [2.24, 2.45) is 0 Å². The van der Waals surface area contributed by atoms with Crippen LogP contribution in [0.1, 0.15) is 43.4 Å². The lowest BCUT2D eigenvalue weighted by molar-refractivity contribution is 0.459. The molecule has 1 heterocycles. The zero-order valence-corrected chi connectivity index (χ0v) is 8.79. The van der Waals surface area contributed by atoms with Crippen molar-refractivity contribution in [3.63, 3.8) is 0 Å². The summed E-state index contributed by atoms with van der Waals surface area (Å²) in [6, 6.07) is 2.71. The summed E-state index contributed by atoms with van der Waals surface area (Å²) in [7, 11) is 0. The van der Waals surface area contributed by atoms with Crippen molar-refractivity contribution in [2.45, 2.75) is 38.6 Å². The predicted octanol–water partition coefficient (Wildman–Crippen LogP) is 2.46. The Bertz CT molecular complexity index is 296. The molecule has 0 saturated heterocycles. The van der Waals surface area contributed by atoms with Gasteiger partial charge in [-0.25, -0.2) is 0 Å². The van der Waals surface area contributed by atoms with Crippen LogP contribution in [0.4, 0.5) is 0 Å². The molecule has 1 aromatic heterocycles. The van der Waals surface area contributed by atoms with E-state index >= 15 is 0 Å². The number of pyridine rings is 1. The van der Waals surface area contributed by atoms with E-state index in [9.17, 15) is 0 Å². The summed E-state index contributed by atoms with van der Waals surface area (Å²) < 4.78 is 0. The Balaban J connectivity index is 2.14. The van der Waals surface area contributed by atoms with Crippen LogP contribution in [-0.2, 0) is 6.42 Å². The number of fused-ring (bicyclic) bond motifs is 1. The second-order valence-corrected chi connectivity index (χ2v) is 3.97. The van der Waals surface area contributed by atoms with E-state index in [4.69, 9.17) is 0 Å². The molecule has 1 aliphatic carbocycles. The number of aryl methyl sites for hydroxylation is 1. The third-order valence-electron chi connectivity index (χ3n) is 2.90. The fraction of sp³-hybridized carbons (Fsp3) is 0.583. The van der Waals surface area contributed by atoms with E-state index in [0.717, 1.165) is 6.54 Å². The van der Waals surface area contributed by atoms with E-state index in [2.05, 4.69) is 23.3 Å². The molecule has 0 aromatic carbocycles. The molecule has 0 aliphatic heterocycles. The molecule has 0 fully saturated rings. The summed E-state index contributed by atoms with van der Waals surface area (Å²) in [5, 5.41) is 3.59. The lowest BCUT2D eigenvalue weighted by Gasteiger charge is -2.25. The van der Waals surface area contributed by atoms with Gasteiger partial charge in [-0.1, -0.05) is 6.92 Å². The SMILES string of the molecule is CCCNC1CCCc2ccncc21. The van der Waals surface area contributed by atoms with Crippen LogP contribution in [0.5, 0.6) is 0 Å². The van der Waals surface area contributed by atoms with Gasteiger partial charge in [0, 0.05) is 18.4 Å². The van der Waals surface area contributed by atoms with Crippen LogP contribution < -0.4 is 5.32 Å². The Morgan fingerprint density at radius 3 is 3.36 bits per heavy atom. The van der Waals surface area contributed by atoms with E-state index in [-0.39, 0.29) is 0 Å². The van der Waals surface area contributed by atoms with E-state index in [1.54, 1.807) is 0 Å². The van der Waals surface area contributed by atoms with E-state index in [1.807, 2.05) is 12.4 Å². The van der Waals surface area contributed by atoms with Gasteiger partial charge < -0.3 is 5.32 Å². The minimum Gasteiger partial charge on any atom is -0.310 e. The van der Waals surface area contributed by atoms with Crippen LogP contribution in [-0.4, -0.2) is 11.5 Å². The molecule has 1 aliphatic rings. The lowest BCUT2D eigenvalue weighted by Crippen LogP contribution is -2.25. The molecule has 0 saturated carbocycles. The van der Waals surface area contributed by atoms with Crippen molar-refractivity contribution in [3.05, 3.63) is 29.6 Å². The van der Waals surface area contributed by atoms with Crippen LogP contribution in [0.15, 0.2) is 18.5 Å². The van der Waals surface area contributed by atoms with Crippen molar-refractivity contribution >= 4 is 0 Å². The zero-order chi connectivity index (χ0) is 9.80. The Morgan fingerprint density at radius 1 is 1.57 bits per heavy atom. The third kappa shape index (κ3) is 1.95. The largest absolute Gasteiger partial charge is 0.310 e. The molecule has 0 amide bonds. The minimum absolute atomic E-state index is 0.549. The van der Waals surface area contributed by atoms with Gasteiger partial charge in [0.05, 0.1) is 0 Å². The zero-order valence-electron chi connectivity index (χ0n) is 8.79. The maximum atomic E-state index is 4.22. The Kier molecular flexibility index (Phi) is 3.14. The normalized spacial score (nSPS) is 20.5. The summed E-state index contributed by atoms with van der Waals surface area (Å²) in [5.41, 5.74) is 2.91. The first kappa shape index (κ1) is 9.66. The Morgan fingerprint density at radius 2 is 2.50 bits per heavy atom. The first-order valence-electron chi connectivity index (χ1n) is 5.58. The number of rotatable bonds is 3. The van der Waals surface area contributed by atoms with Crippen molar-refractivity contribution < 1.29 is 0 Å². The Hall–Kier alpha value is -0.890. The van der Waals surface area contributed by atoms with E-state index in [1.165, 1.54) is 36.8 Å². The second-order valence-electron chi connectivity index (χ2n) is 3.97. The van der Waals surface area contributed by atoms with Crippen LogP contribution in [0, 0.1) is 0 Å². The monoisotopic (exact) mass is 190 g/mol. The average Bonchev–Trinajstić information content (AvgIpc) is 2.26. The number of nitrogens with zero attached hydrogens (tertiary/aromatic N) is 1. The molecule has 14 heavy (non-hydrogen) atoms. The highest BCUT2D eigenvalue weighted by Crippen LogP contribution is 2.28. The number of aromatic nitrogens is 1. The van der Waals surface area contributed by atoms with Gasteiger partial charge in [0.2, 0.25) is 0 Å². The summed E-state index contributed by atoms with van der Waals surface area (Å²) in [6.07, 6.45) is 8.92. The predicted molar refractivity (Wildman–Crippen MR) is 58.2 cm³/mol. The Labute approximate surface area is 85.7 Å². The van der Waals surface area contributed by atoms with Crippen molar-refractivity contribution in [1.29, 1.82) is 0 Å². The number of hydrogen-bond acceptors (Lipinski definition) is 2. The molecule has 1 unspecified atom stereocenters. The highest BCUT2D eigenvalue weighted by atomic mass is 14.9. The van der Waals surface area contributed by atoms with Gasteiger partial charge in [0.25, 0.3) is 0 Å². The smallest absolute Gasteiger partial charge is 0.0338 e. The third-order valence-corrected chi connectivity index (χ3v) is 2.90. The molecule has 2 nitrogen and oxygen atoms in total. The standard InChI is InChI=1S/C12H18N2/c1-2-7-14-12-5-3-4-10-6-8-13-9-11(10)12/h6,8-9,12,14H,2-5,7H2,1H3. The average molecular weight is 190 g/mol. The minimum atomic E-state index is 0.549. The molecule has 76 valence electrons. The molecular weight excluding hydrogens is 172 g/mol. The molecule has 2 heteroatoms. The van der Waals surface area contributed by atoms with Gasteiger partial charge in [0.1, 0.15) is 0 Å². The van der Waals surface area contributed by atoms with Gasteiger partial charge in [-0.3, -0.25) is 4.98 Å². The topological polar surface area (TPSA) is 24.9 Å². The van der Waals surface area contributed by atoms with Gasteiger partial charge in [-0.05, 0) is 49.4 Å². The van der Waals surface area contributed by atoms with Crippen molar-refractivity contribution in [1.82, 2.24) is 10.3 Å². The molecular formula is C12H18N2. The van der Waals surface area contributed by atoms with Crippen LogP contribution >= 0.6 is 0 Å². The van der Waals surface area contributed by atoms with E-state index < -0.39 is 0 Å². The first-order valence-corrected chi connectivity index (χ1v) is 5.58. The summed E-state index contributed by atoms with van der Waals surface area (Å²) in [5.74, 6) is 0. The fourth-order valence-electron chi connectivity index (χ4n) is 2.16. The second kappa shape index (κ2) is 4.56. The van der Waals surface area contributed by atoms with Gasteiger partial charge in [-0.15, -0.1) is 0 Å². The molecule has 0 radical (unpaired) electrons. The molecule has 1 atom stereocenters. The van der Waals surface area contributed by atoms with Crippen LogP contribution in [0.2, 0.25) is 0 Å². The molecule has 1 aromatic rings.